The summed E-state index contributed by atoms with van der Waals surface area (Å²) < 4.78 is 2.15. The molecule has 0 spiro atoms. The third kappa shape index (κ3) is 2.42. The third-order valence-corrected chi connectivity index (χ3v) is 3.63. The van der Waals surface area contributed by atoms with E-state index >= 15 is 0 Å². The number of aromatic nitrogens is 2. The maximum absolute atomic E-state index is 6.05. The molecule has 0 unspecified atom stereocenters. The molecule has 0 saturated carbocycles. The summed E-state index contributed by atoms with van der Waals surface area (Å²) in [7, 11) is 0. The topological polar surface area (TPSA) is 43.8 Å². The van der Waals surface area contributed by atoms with Crippen molar-refractivity contribution in [1.29, 1.82) is 0 Å². The lowest BCUT2D eigenvalue weighted by molar-refractivity contribution is 0.744. The quantitative estimate of drug-likeness (QED) is 0.800. The second kappa shape index (κ2) is 5.27. The predicted molar refractivity (Wildman–Crippen MR) is 82.9 cm³/mol. The van der Waals surface area contributed by atoms with E-state index in [-0.39, 0.29) is 0 Å². The fourth-order valence-electron chi connectivity index (χ4n) is 2.44. The Morgan fingerprint density at radius 1 is 1.20 bits per heavy atom. The van der Waals surface area contributed by atoms with Crippen molar-refractivity contribution in [2.45, 2.75) is 20.0 Å². The smallest absolute Gasteiger partial charge is 0.123 e. The highest BCUT2D eigenvalue weighted by molar-refractivity contribution is 6.30. The Labute approximate surface area is 123 Å². The van der Waals surface area contributed by atoms with Gasteiger partial charge < -0.3 is 10.3 Å². The van der Waals surface area contributed by atoms with Gasteiger partial charge in [-0.15, -0.1) is 0 Å². The van der Waals surface area contributed by atoms with E-state index in [1.165, 1.54) is 5.56 Å². The molecule has 20 heavy (non-hydrogen) atoms. The summed E-state index contributed by atoms with van der Waals surface area (Å²) in [5.41, 5.74) is 10.3. The molecule has 3 rings (SSSR count). The second-order valence-electron chi connectivity index (χ2n) is 4.94. The fraction of sp³-hybridized carbons (Fsp3) is 0.188. The predicted octanol–water partition coefficient (Wildman–Crippen LogP) is 3.51. The minimum atomic E-state index is 0.425. The average molecular weight is 286 g/mol. The Balaban J connectivity index is 2.10. The van der Waals surface area contributed by atoms with E-state index in [4.69, 9.17) is 17.3 Å². The molecule has 2 aromatic carbocycles. The lowest BCUT2D eigenvalue weighted by Crippen LogP contribution is -2.09. The van der Waals surface area contributed by atoms with Crippen molar-refractivity contribution in [3.8, 4) is 0 Å². The van der Waals surface area contributed by atoms with Gasteiger partial charge in [-0.3, -0.25) is 0 Å². The van der Waals surface area contributed by atoms with Crippen LogP contribution in [0.15, 0.2) is 42.5 Å². The molecule has 4 heteroatoms. The molecular weight excluding hydrogens is 270 g/mol. The maximum Gasteiger partial charge on any atom is 0.123 e. The number of hydrogen-bond acceptors (Lipinski definition) is 2. The number of halogens is 1. The van der Waals surface area contributed by atoms with Gasteiger partial charge in [0, 0.05) is 11.6 Å². The lowest BCUT2D eigenvalue weighted by atomic mass is 10.2. The number of imidazole rings is 1. The molecule has 102 valence electrons. The van der Waals surface area contributed by atoms with Gasteiger partial charge in [0.2, 0.25) is 0 Å². The molecule has 0 aliphatic heterocycles. The molecule has 3 aromatic rings. The number of rotatable bonds is 3. The Hall–Kier alpha value is -1.84. The Morgan fingerprint density at radius 3 is 2.80 bits per heavy atom. The van der Waals surface area contributed by atoms with Gasteiger partial charge in [0.05, 0.1) is 17.6 Å². The molecule has 0 radical (unpaired) electrons. The monoisotopic (exact) mass is 285 g/mol. The van der Waals surface area contributed by atoms with Crippen molar-refractivity contribution in [2.24, 2.45) is 5.73 Å². The number of benzene rings is 2. The molecule has 1 heterocycles. The molecule has 2 N–H and O–H groups in total. The van der Waals surface area contributed by atoms with Crippen LogP contribution in [0, 0.1) is 6.92 Å². The van der Waals surface area contributed by atoms with Gasteiger partial charge in [0.1, 0.15) is 5.82 Å². The molecular formula is C16H16ClN3. The van der Waals surface area contributed by atoms with Crippen LogP contribution in [0.5, 0.6) is 0 Å². The largest absolute Gasteiger partial charge is 0.324 e. The zero-order valence-corrected chi connectivity index (χ0v) is 12.1. The van der Waals surface area contributed by atoms with E-state index in [0.717, 1.165) is 34.0 Å². The van der Waals surface area contributed by atoms with Gasteiger partial charge in [0.15, 0.2) is 0 Å². The average Bonchev–Trinajstić information content (AvgIpc) is 2.76. The summed E-state index contributed by atoms with van der Waals surface area (Å²) in [6.45, 7) is 3.22. The number of hydrogen-bond donors (Lipinski definition) is 1. The van der Waals surface area contributed by atoms with Crippen LogP contribution in [0.1, 0.15) is 17.0 Å². The van der Waals surface area contributed by atoms with E-state index in [1.807, 2.05) is 18.2 Å². The highest BCUT2D eigenvalue weighted by Gasteiger charge is 2.10. The maximum atomic E-state index is 6.05. The van der Waals surface area contributed by atoms with E-state index in [0.29, 0.717) is 6.54 Å². The summed E-state index contributed by atoms with van der Waals surface area (Å²) in [6.07, 6.45) is 0. The first-order valence-electron chi connectivity index (χ1n) is 6.57. The van der Waals surface area contributed by atoms with Gasteiger partial charge in [-0.25, -0.2) is 4.98 Å². The number of nitrogens with zero attached hydrogens (tertiary/aromatic N) is 2. The summed E-state index contributed by atoms with van der Waals surface area (Å²) in [4.78, 5) is 4.62. The molecule has 1 aromatic heterocycles. The summed E-state index contributed by atoms with van der Waals surface area (Å²) >= 11 is 6.05. The molecule has 3 nitrogen and oxygen atoms in total. The van der Waals surface area contributed by atoms with Crippen molar-refractivity contribution < 1.29 is 0 Å². The van der Waals surface area contributed by atoms with Gasteiger partial charge in [0.25, 0.3) is 0 Å². The fourth-order valence-corrected chi connectivity index (χ4v) is 2.65. The van der Waals surface area contributed by atoms with Gasteiger partial charge in [-0.05, 0) is 42.3 Å². The summed E-state index contributed by atoms with van der Waals surface area (Å²) in [5.74, 6) is 0.894. The summed E-state index contributed by atoms with van der Waals surface area (Å²) in [6, 6.07) is 14.2. The summed E-state index contributed by atoms with van der Waals surface area (Å²) in [5, 5.41) is 0.747. The first-order chi connectivity index (χ1) is 9.67. The minimum absolute atomic E-state index is 0.425. The standard InChI is InChI=1S/C16H16ClN3/c1-11-5-6-15-14(7-11)19-16(9-18)20(15)10-12-3-2-4-13(17)8-12/h2-8H,9-10,18H2,1H3. The zero-order valence-electron chi connectivity index (χ0n) is 11.3. The van der Waals surface area contributed by atoms with Gasteiger partial charge in [-0.1, -0.05) is 29.8 Å². The highest BCUT2D eigenvalue weighted by Crippen LogP contribution is 2.20. The van der Waals surface area contributed by atoms with Crippen LogP contribution in [-0.4, -0.2) is 9.55 Å². The van der Waals surface area contributed by atoms with Crippen molar-refractivity contribution in [3.63, 3.8) is 0 Å². The molecule has 0 aliphatic carbocycles. The van der Waals surface area contributed by atoms with Crippen LogP contribution in [-0.2, 0) is 13.1 Å². The first kappa shape index (κ1) is 13.2. The van der Waals surface area contributed by atoms with Crippen LogP contribution in [0.4, 0.5) is 0 Å². The van der Waals surface area contributed by atoms with Gasteiger partial charge in [-0.2, -0.15) is 0 Å². The van der Waals surface area contributed by atoms with Gasteiger partial charge >= 0.3 is 0 Å². The molecule has 0 saturated heterocycles. The van der Waals surface area contributed by atoms with Crippen LogP contribution in [0.3, 0.4) is 0 Å². The zero-order chi connectivity index (χ0) is 14.1. The van der Waals surface area contributed by atoms with Crippen LogP contribution < -0.4 is 5.73 Å². The van der Waals surface area contributed by atoms with Crippen molar-refractivity contribution in [2.75, 3.05) is 0 Å². The minimum Gasteiger partial charge on any atom is -0.324 e. The van der Waals surface area contributed by atoms with E-state index < -0.39 is 0 Å². The lowest BCUT2D eigenvalue weighted by Gasteiger charge is -2.08. The Kier molecular flexibility index (Phi) is 3.47. The SMILES string of the molecule is Cc1ccc2c(c1)nc(CN)n2Cc1cccc(Cl)c1. The van der Waals surface area contributed by atoms with Crippen molar-refractivity contribution in [3.05, 3.63) is 64.4 Å². The first-order valence-corrected chi connectivity index (χ1v) is 6.95. The van der Waals surface area contributed by atoms with E-state index in [9.17, 15) is 0 Å². The third-order valence-electron chi connectivity index (χ3n) is 3.40. The molecule has 0 bridgehead atoms. The van der Waals surface area contributed by atoms with Crippen LogP contribution >= 0.6 is 11.6 Å². The van der Waals surface area contributed by atoms with Crippen molar-refractivity contribution >= 4 is 22.6 Å². The number of aryl methyl sites for hydroxylation is 1. The number of nitrogens with two attached hydrogens (primary N) is 1. The molecule has 0 atom stereocenters. The number of fused-ring (bicyclic) bond motifs is 1. The van der Waals surface area contributed by atoms with E-state index in [1.54, 1.807) is 0 Å². The molecule has 0 fully saturated rings. The van der Waals surface area contributed by atoms with Crippen molar-refractivity contribution in [1.82, 2.24) is 9.55 Å². The second-order valence-corrected chi connectivity index (χ2v) is 5.38. The Morgan fingerprint density at radius 2 is 2.05 bits per heavy atom. The molecule has 0 aliphatic rings. The van der Waals surface area contributed by atoms with Crippen LogP contribution in [0.2, 0.25) is 5.02 Å². The normalized spacial score (nSPS) is 11.2. The highest BCUT2D eigenvalue weighted by atomic mass is 35.5. The Bertz CT molecular complexity index is 762. The van der Waals surface area contributed by atoms with E-state index in [2.05, 4.69) is 40.7 Å². The van der Waals surface area contributed by atoms with Crippen LogP contribution in [0.25, 0.3) is 11.0 Å². The molecule has 0 amide bonds.